The number of rotatable bonds is 6. The lowest BCUT2D eigenvalue weighted by Gasteiger charge is -2.14. The molecule has 1 N–H and O–H groups in total. The van der Waals surface area contributed by atoms with E-state index in [0.717, 1.165) is 31.8 Å². The summed E-state index contributed by atoms with van der Waals surface area (Å²) in [6.45, 7) is 2.85. The van der Waals surface area contributed by atoms with Crippen LogP contribution >= 0.6 is 11.3 Å². The Labute approximate surface area is 155 Å². The van der Waals surface area contributed by atoms with Crippen LogP contribution in [0, 0.1) is 5.92 Å². The van der Waals surface area contributed by atoms with Crippen molar-refractivity contribution >= 4 is 17.3 Å². The minimum Gasteiger partial charge on any atom is -0.478 e. The number of hydrogen-bond acceptors (Lipinski definition) is 5. The molecule has 0 bridgehead atoms. The van der Waals surface area contributed by atoms with Crippen LogP contribution in [0.5, 0.6) is 0 Å². The van der Waals surface area contributed by atoms with Crippen LogP contribution in [0.25, 0.3) is 11.3 Å². The number of carboxylic acids is 1. The van der Waals surface area contributed by atoms with Gasteiger partial charge in [-0.2, -0.15) is 0 Å². The highest BCUT2D eigenvalue weighted by molar-refractivity contribution is 7.09. The fourth-order valence-corrected chi connectivity index (χ4v) is 4.27. The first-order chi connectivity index (χ1) is 12.7. The van der Waals surface area contributed by atoms with E-state index < -0.39 is 5.97 Å². The quantitative estimate of drug-likeness (QED) is 0.707. The zero-order valence-corrected chi connectivity index (χ0v) is 15.1. The molecular formula is C20H20N2O3S. The summed E-state index contributed by atoms with van der Waals surface area (Å²) in [5, 5.41) is 12.6. The zero-order chi connectivity index (χ0) is 17.9. The Balaban J connectivity index is 1.41. The molecule has 0 saturated carbocycles. The van der Waals surface area contributed by atoms with Gasteiger partial charge in [0.05, 0.1) is 17.1 Å². The van der Waals surface area contributed by atoms with Gasteiger partial charge in [0, 0.05) is 30.1 Å². The molecule has 3 aromatic rings. The van der Waals surface area contributed by atoms with Gasteiger partial charge in [0.15, 0.2) is 0 Å². The number of carboxylic acid groups (broad SMARTS) is 1. The molecule has 0 spiro atoms. The summed E-state index contributed by atoms with van der Waals surface area (Å²) in [7, 11) is 0. The normalized spacial score (nSPS) is 17.6. The molecule has 1 fully saturated rings. The smallest absolute Gasteiger partial charge is 0.336 e. The molecule has 5 nitrogen and oxygen atoms in total. The lowest BCUT2D eigenvalue weighted by Crippen LogP contribution is -2.20. The average Bonchev–Trinajstić information content (AvgIpc) is 3.38. The number of aromatic carboxylic acids is 1. The van der Waals surface area contributed by atoms with Crippen LogP contribution in [0.2, 0.25) is 0 Å². The van der Waals surface area contributed by atoms with Crippen molar-refractivity contribution in [2.75, 3.05) is 13.1 Å². The Hall–Kier alpha value is -2.44. The van der Waals surface area contributed by atoms with E-state index in [1.54, 1.807) is 29.5 Å². The molecule has 2 aromatic heterocycles. The molecule has 3 heterocycles. The van der Waals surface area contributed by atoms with Gasteiger partial charge in [-0.25, -0.2) is 9.78 Å². The van der Waals surface area contributed by atoms with Crippen molar-refractivity contribution in [2.45, 2.75) is 19.4 Å². The second-order valence-electron chi connectivity index (χ2n) is 6.64. The molecular weight excluding hydrogens is 348 g/mol. The molecule has 1 aliphatic heterocycles. The van der Waals surface area contributed by atoms with Crippen LogP contribution in [-0.4, -0.2) is 34.0 Å². The lowest BCUT2D eigenvalue weighted by atomic mass is 10.1. The zero-order valence-electron chi connectivity index (χ0n) is 14.3. The number of thiazole rings is 1. The van der Waals surface area contributed by atoms with Gasteiger partial charge in [-0.15, -0.1) is 11.3 Å². The van der Waals surface area contributed by atoms with Crippen LogP contribution in [0.15, 0.2) is 52.4 Å². The van der Waals surface area contributed by atoms with E-state index in [9.17, 15) is 9.90 Å². The standard InChI is InChI=1S/C20H20N2O3S/c23-20(24)17-4-2-1-3-16(17)18-6-5-15(25-18)13-22-9-7-14(12-22)11-19-21-8-10-26-19/h1-6,8,10,14H,7,9,11-13H2,(H,23,24)/t14-/m0/s1. The highest BCUT2D eigenvalue weighted by Gasteiger charge is 2.24. The fraction of sp³-hybridized carbons (Fsp3) is 0.300. The van der Waals surface area contributed by atoms with Crippen molar-refractivity contribution in [1.82, 2.24) is 9.88 Å². The van der Waals surface area contributed by atoms with E-state index >= 15 is 0 Å². The largest absolute Gasteiger partial charge is 0.478 e. The van der Waals surface area contributed by atoms with E-state index in [4.69, 9.17) is 4.42 Å². The molecule has 6 heteroatoms. The predicted octanol–water partition coefficient (Wildman–Crippen LogP) is 4.17. The van der Waals surface area contributed by atoms with Crippen molar-refractivity contribution in [3.63, 3.8) is 0 Å². The van der Waals surface area contributed by atoms with Crippen LogP contribution in [0.4, 0.5) is 0 Å². The van der Waals surface area contributed by atoms with E-state index in [1.165, 1.54) is 11.4 Å². The first-order valence-corrected chi connectivity index (χ1v) is 9.59. The number of nitrogens with zero attached hydrogens (tertiary/aromatic N) is 2. The first-order valence-electron chi connectivity index (χ1n) is 8.71. The highest BCUT2D eigenvalue weighted by Crippen LogP contribution is 2.28. The van der Waals surface area contributed by atoms with E-state index in [-0.39, 0.29) is 5.56 Å². The average molecular weight is 368 g/mol. The molecule has 1 saturated heterocycles. The van der Waals surface area contributed by atoms with Crippen LogP contribution in [0.1, 0.15) is 27.5 Å². The molecule has 0 radical (unpaired) electrons. The van der Waals surface area contributed by atoms with Gasteiger partial charge >= 0.3 is 5.97 Å². The van der Waals surface area contributed by atoms with Gasteiger partial charge in [-0.3, -0.25) is 4.90 Å². The summed E-state index contributed by atoms with van der Waals surface area (Å²) in [6.07, 6.45) is 4.09. The van der Waals surface area contributed by atoms with Gasteiger partial charge in [0.1, 0.15) is 11.5 Å². The van der Waals surface area contributed by atoms with Crippen LogP contribution in [-0.2, 0) is 13.0 Å². The SMILES string of the molecule is O=C(O)c1ccccc1-c1ccc(CN2CC[C@@H](Cc3nccs3)C2)o1. The molecule has 26 heavy (non-hydrogen) atoms. The van der Waals surface area contributed by atoms with Crippen molar-refractivity contribution < 1.29 is 14.3 Å². The van der Waals surface area contributed by atoms with Gasteiger partial charge in [0.2, 0.25) is 0 Å². The van der Waals surface area contributed by atoms with Crippen molar-refractivity contribution in [3.05, 3.63) is 64.3 Å². The van der Waals surface area contributed by atoms with Crippen LogP contribution < -0.4 is 0 Å². The Morgan fingerprint density at radius 1 is 1.31 bits per heavy atom. The van der Waals surface area contributed by atoms with Gasteiger partial charge in [-0.1, -0.05) is 18.2 Å². The maximum atomic E-state index is 11.4. The Kier molecular flexibility index (Phi) is 4.86. The number of benzene rings is 1. The van der Waals surface area contributed by atoms with E-state index in [1.807, 2.05) is 29.8 Å². The maximum Gasteiger partial charge on any atom is 0.336 e. The molecule has 134 valence electrons. The lowest BCUT2D eigenvalue weighted by molar-refractivity contribution is 0.0697. The fourth-order valence-electron chi connectivity index (χ4n) is 3.54. The van der Waals surface area contributed by atoms with Crippen molar-refractivity contribution in [2.24, 2.45) is 5.92 Å². The molecule has 0 amide bonds. The molecule has 1 aromatic carbocycles. The number of carbonyl (C=O) groups is 1. The van der Waals surface area contributed by atoms with E-state index in [0.29, 0.717) is 17.2 Å². The number of hydrogen-bond donors (Lipinski definition) is 1. The minimum atomic E-state index is -0.942. The summed E-state index contributed by atoms with van der Waals surface area (Å²) < 4.78 is 5.95. The first kappa shape index (κ1) is 17.0. The molecule has 1 atom stereocenters. The highest BCUT2D eigenvalue weighted by atomic mass is 32.1. The van der Waals surface area contributed by atoms with Gasteiger partial charge in [-0.05, 0) is 37.1 Å². The summed E-state index contributed by atoms with van der Waals surface area (Å²) >= 11 is 1.72. The second kappa shape index (κ2) is 7.43. The third-order valence-electron chi connectivity index (χ3n) is 4.78. The molecule has 4 rings (SSSR count). The molecule has 1 aliphatic rings. The van der Waals surface area contributed by atoms with Gasteiger partial charge < -0.3 is 9.52 Å². The minimum absolute atomic E-state index is 0.262. The summed E-state index contributed by atoms with van der Waals surface area (Å²) in [5.74, 6) is 1.18. The Bertz CT molecular complexity index is 888. The second-order valence-corrected chi connectivity index (χ2v) is 7.62. The monoisotopic (exact) mass is 368 g/mol. The molecule has 0 unspecified atom stereocenters. The van der Waals surface area contributed by atoms with Crippen LogP contribution in [0.3, 0.4) is 0 Å². The predicted molar refractivity (Wildman–Crippen MR) is 100 cm³/mol. The number of likely N-dealkylation sites (tertiary alicyclic amines) is 1. The summed E-state index contributed by atoms with van der Waals surface area (Å²) in [6, 6.07) is 10.7. The number of furan rings is 1. The third-order valence-corrected chi connectivity index (χ3v) is 5.58. The van der Waals surface area contributed by atoms with E-state index in [2.05, 4.69) is 9.88 Å². The Morgan fingerprint density at radius 3 is 3.00 bits per heavy atom. The number of aromatic nitrogens is 1. The molecule has 0 aliphatic carbocycles. The maximum absolute atomic E-state index is 11.4. The van der Waals surface area contributed by atoms with Crippen molar-refractivity contribution in [3.8, 4) is 11.3 Å². The Morgan fingerprint density at radius 2 is 2.19 bits per heavy atom. The third kappa shape index (κ3) is 3.71. The van der Waals surface area contributed by atoms with Gasteiger partial charge in [0.25, 0.3) is 0 Å². The summed E-state index contributed by atoms with van der Waals surface area (Å²) in [4.78, 5) is 18.2. The summed E-state index contributed by atoms with van der Waals surface area (Å²) in [5.41, 5.74) is 0.882. The van der Waals surface area contributed by atoms with Crippen molar-refractivity contribution in [1.29, 1.82) is 0 Å². The topological polar surface area (TPSA) is 66.6 Å².